The number of hydrogen-bond donors (Lipinski definition) is 2. The van der Waals surface area contributed by atoms with E-state index in [0.29, 0.717) is 0 Å². The van der Waals surface area contributed by atoms with E-state index in [0.717, 1.165) is 31.5 Å². The van der Waals surface area contributed by atoms with Crippen molar-refractivity contribution in [3.05, 3.63) is 35.9 Å². The maximum Gasteiger partial charge on any atom is 0.224 e. The predicted molar refractivity (Wildman–Crippen MR) is 103 cm³/mol. The molecule has 3 rings (SSSR count). The van der Waals surface area contributed by atoms with Gasteiger partial charge in [0.2, 0.25) is 11.8 Å². The van der Waals surface area contributed by atoms with Gasteiger partial charge in [-0.3, -0.25) is 14.5 Å². The molecule has 2 fully saturated rings. The normalized spacial score (nSPS) is 24.6. The van der Waals surface area contributed by atoms with E-state index in [-0.39, 0.29) is 54.8 Å². The van der Waals surface area contributed by atoms with Crippen LogP contribution < -0.4 is 10.6 Å². The zero-order valence-corrected chi connectivity index (χ0v) is 16.2. The molecule has 1 aromatic carbocycles. The maximum absolute atomic E-state index is 12.2. The van der Waals surface area contributed by atoms with Gasteiger partial charge in [-0.15, -0.1) is 0 Å². The highest BCUT2D eigenvalue weighted by Gasteiger charge is 2.42. The van der Waals surface area contributed by atoms with Crippen LogP contribution in [0.25, 0.3) is 0 Å². The number of nitrogens with zero attached hydrogens (tertiary/aromatic N) is 1. The minimum atomic E-state index is -3.12. The standard InChI is InChI=1S/C19H27N3O4S/c23-18(8-9-20-19(24)12-15-6-2-1-3-7-15)21-16-13-27(25,26)14-17(16)22-10-4-5-11-22/h1-3,6-7,16-17H,4-5,8-14H2,(H,20,24)(H,21,23). The van der Waals surface area contributed by atoms with Crippen molar-refractivity contribution < 1.29 is 18.0 Å². The molecule has 0 radical (unpaired) electrons. The fourth-order valence-corrected chi connectivity index (χ4v) is 5.79. The second kappa shape index (κ2) is 8.84. The molecule has 0 spiro atoms. The Morgan fingerprint density at radius 3 is 2.44 bits per heavy atom. The Labute approximate surface area is 160 Å². The minimum Gasteiger partial charge on any atom is -0.355 e. The highest BCUT2D eigenvalue weighted by atomic mass is 32.2. The van der Waals surface area contributed by atoms with E-state index in [1.54, 1.807) is 0 Å². The Bertz CT molecular complexity index is 760. The molecule has 2 aliphatic heterocycles. The number of carbonyl (C=O) groups excluding carboxylic acids is 2. The summed E-state index contributed by atoms with van der Waals surface area (Å²) in [5.41, 5.74) is 0.920. The molecule has 2 atom stereocenters. The average Bonchev–Trinajstić information content (AvgIpc) is 3.23. The third-order valence-electron chi connectivity index (χ3n) is 5.16. The quantitative estimate of drug-likeness (QED) is 0.686. The predicted octanol–water partition coefficient (Wildman–Crippen LogP) is 0.113. The molecule has 2 aliphatic rings. The van der Waals surface area contributed by atoms with E-state index in [1.807, 2.05) is 30.3 Å². The molecule has 0 aliphatic carbocycles. The van der Waals surface area contributed by atoms with Gasteiger partial charge in [0.05, 0.1) is 24.0 Å². The Kier molecular flexibility index (Phi) is 6.49. The van der Waals surface area contributed by atoms with Crippen molar-refractivity contribution in [2.24, 2.45) is 0 Å². The lowest BCUT2D eigenvalue weighted by Gasteiger charge is -2.28. The summed E-state index contributed by atoms with van der Waals surface area (Å²) in [4.78, 5) is 26.3. The number of likely N-dealkylation sites (tertiary alicyclic amines) is 1. The van der Waals surface area contributed by atoms with Gasteiger partial charge < -0.3 is 10.6 Å². The Balaban J connectivity index is 1.43. The summed E-state index contributed by atoms with van der Waals surface area (Å²) < 4.78 is 24.1. The Hall–Kier alpha value is -1.93. The number of hydrogen-bond acceptors (Lipinski definition) is 5. The monoisotopic (exact) mass is 393 g/mol. The summed E-state index contributed by atoms with van der Waals surface area (Å²) >= 11 is 0. The van der Waals surface area contributed by atoms with Crippen LogP contribution in [0.4, 0.5) is 0 Å². The molecule has 1 aromatic rings. The zero-order valence-electron chi connectivity index (χ0n) is 15.4. The molecule has 2 unspecified atom stereocenters. The van der Waals surface area contributed by atoms with Crippen molar-refractivity contribution in [3.8, 4) is 0 Å². The molecular weight excluding hydrogens is 366 g/mol. The third-order valence-corrected chi connectivity index (χ3v) is 6.88. The molecule has 0 aromatic heterocycles. The van der Waals surface area contributed by atoms with E-state index in [2.05, 4.69) is 15.5 Å². The molecule has 8 heteroatoms. The first kappa shape index (κ1) is 19.8. The lowest BCUT2D eigenvalue weighted by atomic mass is 10.1. The summed E-state index contributed by atoms with van der Waals surface area (Å²) in [6, 6.07) is 8.92. The molecule has 2 heterocycles. The molecule has 2 amide bonds. The zero-order chi connectivity index (χ0) is 19.3. The van der Waals surface area contributed by atoms with Crippen molar-refractivity contribution in [1.29, 1.82) is 0 Å². The molecule has 148 valence electrons. The van der Waals surface area contributed by atoms with Gasteiger partial charge in [0.15, 0.2) is 9.84 Å². The van der Waals surface area contributed by atoms with Crippen LogP contribution in [0.1, 0.15) is 24.8 Å². The number of rotatable bonds is 7. The summed E-state index contributed by atoms with van der Waals surface area (Å²) in [6.07, 6.45) is 2.57. The van der Waals surface area contributed by atoms with E-state index in [9.17, 15) is 18.0 Å². The van der Waals surface area contributed by atoms with Gasteiger partial charge in [0.25, 0.3) is 0 Å². The van der Waals surface area contributed by atoms with E-state index in [1.165, 1.54) is 0 Å². The molecule has 2 N–H and O–H groups in total. The SMILES string of the molecule is O=C(Cc1ccccc1)NCCC(=O)NC1CS(=O)(=O)CC1N1CCCC1. The van der Waals surface area contributed by atoms with Crippen molar-refractivity contribution in [2.75, 3.05) is 31.1 Å². The molecule has 7 nitrogen and oxygen atoms in total. The number of carbonyl (C=O) groups is 2. The van der Waals surface area contributed by atoms with Gasteiger partial charge in [-0.25, -0.2) is 8.42 Å². The Morgan fingerprint density at radius 1 is 1.04 bits per heavy atom. The van der Waals surface area contributed by atoms with E-state index < -0.39 is 9.84 Å². The van der Waals surface area contributed by atoms with Crippen LogP contribution in [-0.4, -0.2) is 68.4 Å². The fraction of sp³-hybridized carbons (Fsp3) is 0.579. The molecular formula is C19H27N3O4S. The van der Waals surface area contributed by atoms with Gasteiger partial charge in [-0.05, 0) is 31.5 Å². The van der Waals surface area contributed by atoms with Crippen molar-refractivity contribution >= 4 is 21.7 Å². The molecule has 0 saturated carbocycles. The van der Waals surface area contributed by atoms with E-state index in [4.69, 9.17) is 0 Å². The fourth-order valence-electron chi connectivity index (χ4n) is 3.84. The highest BCUT2D eigenvalue weighted by molar-refractivity contribution is 7.91. The van der Waals surface area contributed by atoms with Crippen molar-refractivity contribution in [2.45, 2.75) is 37.8 Å². The van der Waals surface area contributed by atoms with Crippen LogP contribution in [0.15, 0.2) is 30.3 Å². The Morgan fingerprint density at radius 2 is 1.74 bits per heavy atom. The topological polar surface area (TPSA) is 95.6 Å². The molecule has 2 saturated heterocycles. The number of benzene rings is 1. The number of sulfone groups is 1. The van der Waals surface area contributed by atoms with Gasteiger partial charge in [-0.2, -0.15) is 0 Å². The van der Waals surface area contributed by atoms with Crippen molar-refractivity contribution in [1.82, 2.24) is 15.5 Å². The summed E-state index contributed by atoms with van der Waals surface area (Å²) in [5.74, 6) is -0.236. The second-order valence-electron chi connectivity index (χ2n) is 7.32. The van der Waals surface area contributed by atoms with Crippen LogP contribution in [0.3, 0.4) is 0 Å². The van der Waals surface area contributed by atoms with Crippen LogP contribution in [-0.2, 0) is 25.8 Å². The third kappa shape index (κ3) is 5.77. The molecule has 0 bridgehead atoms. The van der Waals surface area contributed by atoms with Gasteiger partial charge in [-0.1, -0.05) is 30.3 Å². The number of amides is 2. The van der Waals surface area contributed by atoms with Crippen LogP contribution in [0, 0.1) is 0 Å². The summed E-state index contributed by atoms with van der Waals surface area (Å²) in [5, 5.41) is 5.61. The number of nitrogens with one attached hydrogen (secondary N) is 2. The lowest BCUT2D eigenvalue weighted by molar-refractivity contribution is -0.122. The van der Waals surface area contributed by atoms with Gasteiger partial charge >= 0.3 is 0 Å². The van der Waals surface area contributed by atoms with Crippen LogP contribution in [0.2, 0.25) is 0 Å². The summed E-state index contributed by atoms with van der Waals surface area (Å²) in [6.45, 7) is 2.02. The minimum absolute atomic E-state index is 0.000271. The van der Waals surface area contributed by atoms with E-state index >= 15 is 0 Å². The smallest absolute Gasteiger partial charge is 0.224 e. The van der Waals surface area contributed by atoms with Crippen molar-refractivity contribution in [3.63, 3.8) is 0 Å². The first-order chi connectivity index (χ1) is 12.9. The summed E-state index contributed by atoms with van der Waals surface area (Å²) in [7, 11) is -3.12. The molecule has 27 heavy (non-hydrogen) atoms. The average molecular weight is 394 g/mol. The van der Waals surface area contributed by atoms with Crippen LogP contribution >= 0.6 is 0 Å². The highest BCUT2D eigenvalue weighted by Crippen LogP contribution is 2.22. The largest absolute Gasteiger partial charge is 0.355 e. The van der Waals surface area contributed by atoms with Gasteiger partial charge in [0, 0.05) is 19.0 Å². The van der Waals surface area contributed by atoms with Gasteiger partial charge in [0.1, 0.15) is 0 Å². The second-order valence-corrected chi connectivity index (χ2v) is 9.48. The first-order valence-corrected chi connectivity index (χ1v) is 11.3. The lowest BCUT2D eigenvalue weighted by Crippen LogP contribution is -2.50. The van der Waals surface area contributed by atoms with Crippen LogP contribution in [0.5, 0.6) is 0 Å². The first-order valence-electron chi connectivity index (χ1n) is 9.47. The maximum atomic E-state index is 12.2.